The Morgan fingerprint density at radius 2 is 1.77 bits per heavy atom. The molecule has 0 saturated carbocycles. The molecule has 5 nitrogen and oxygen atoms in total. The van der Waals surface area contributed by atoms with Crippen LogP contribution in [0.3, 0.4) is 0 Å². The van der Waals surface area contributed by atoms with E-state index in [0.717, 1.165) is 24.2 Å². The lowest BCUT2D eigenvalue weighted by Crippen LogP contribution is -2.07. The van der Waals surface area contributed by atoms with Gasteiger partial charge in [0.15, 0.2) is 0 Å². The van der Waals surface area contributed by atoms with Gasteiger partial charge in [0, 0.05) is 12.0 Å². The van der Waals surface area contributed by atoms with Gasteiger partial charge >= 0.3 is 11.9 Å². The van der Waals surface area contributed by atoms with Crippen LogP contribution in [0.15, 0.2) is 36.4 Å². The van der Waals surface area contributed by atoms with Gasteiger partial charge in [0.1, 0.15) is 5.75 Å². The average Bonchev–Trinajstić information content (AvgIpc) is 2.49. The monoisotopic (exact) mass is 306 g/mol. The van der Waals surface area contributed by atoms with Crippen LogP contribution in [-0.2, 0) is 20.7 Å². The molecule has 1 N–H and O–H groups in total. The van der Waals surface area contributed by atoms with E-state index in [1.165, 1.54) is 0 Å². The third-order valence-electron chi connectivity index (χ3n) is 2.94. The van der Waals surface area contributed by atoms with E-state index >= 15 is 0 Å². The Bertz CT molecular complexity index is 504. The zero-order chi connectivity index (χ0) is 16.4. The maximum atomic E-state index is 11.1. The van der Waals surface area contributed by atoms with E-state index in [9.17, 15) is 9.59 Å². The fraction of sp³-hybridized carbons (Fsp3) is 0.412. The second-order valence-electron chi connectivity index (χ2n) is 5.01. The molecule has 0 bridgehead atoms. The number of hydrogen-bond acceptors (Lipinski definition) is 4. The molecule has 0 aliphatic rings. The first-order valence-electron chi connectivity index (χ1n) is 7.25. The Kier molecular flexibility index (Phi) is 7.75. The summed E-state index contributed by atoms with van der Waals surface area (Å²) in [6, 6.07) is 7.40. The predicted molar refractivity (Wildman–Crippen MR) is 82.9 cm³/mol. The van der Waals surface area contributed by atoms with Crippen molar-refractivity contribution in [3.63, 3.8) is 0 Å². The smallest absolute Gasteiger partial charge is 0.333 e. The van der Waals surface area contributed by atoms with Gasteiger partial charge < -0.3 is 14.6 Å². The molecular formula is C17H22O5. The van der Waals surface area contributed by atoms with Crippen molar-refractivity contribution < 1.29 is 24.2 Å². The molecule has 0 aromatic heterocycles. The summed E-state index contributed by atoms with van der Waals surface area (Å²) >= 11 is 0. The number of carbonyl (C=O) groups excluding carboxylic acids is 1. The summed E-state index contributed by atoms with van der Waals surface area (Å²) in [5.74, 6) is -0.413. The van der Waals surface area contributed by atoms with E-state index in [1.54, 1.807) is 6.92 Å². The summed E-state index contributed by atoms with van der Waals surface area (Å²) < 4.78 is 10.5. The normalized spacial score (nSPS) is 10.0. The molecular weight excluding hydrogens is 284 g/mol. The molecule has 0 aliphatic carbocycles. The van der Waals surface area contributed by atoms with Crippen molar-refractivity contribution in [3.8, 4) is 5.75 Å². The Morgan fingerprint density at radius 1 is 1.14 bits per heavy atom. The highest BCUT2D eigenvalue weighted by Crippen LogP contribution is 2.14. The fourth-order valence-electron chi connectivity index (χ4n) is 1.69. The first kappa shape index (κ1) is 17.8. The van der Waals surface area contributed by atoms with Gasteiger partial charge in [-0.25, -0.2) is 4.79 Å². The quantitative estimate of drug-likeness (QED) is 0.409. The van der Waals surface area contributed by atoms with Crippen LogP contribution >= 0.6 is 0 Å². The minimum atomic E-state index is -0.798. The predicted octanol–water partition coefficient (Wildman–Crippen LogP) is 2.98. The molecule has 0 saturated heterocycles. The lowest BCUT2D eigenvalue weighted by molar-refractivity contribution is -0.139. The largest absolute Gasteiger partial charge is 0.494 e. The molecule has 0 fully saturated rings. The molecule has 0 aliphatic heterocycles. The molecule has 0 atom stereocenters. The number of rotatable bonds is 10. The summed E-state index contributed by atoms with van der Waals surface area (Å²) in [4.78, 5) is 21.6. The molecule has 1 aromatic rings. The van der Waals surface area contributed by atoms with Crippen molar-refractivity contribution in [2.24, 2.45) is 0 Å². The third-order valence-corrected chi connectivity index (χ3v) is 2.94. The first-order valence-corrected chi connectivity index (χ1v) is 7.25. The average molecular weight is 306 g/mol. The van der Waals surface area contributed by atoms with Gasteiger partial charge in [0.2, 0.25) is 0 Å². The van der Waals surface area contributed by atoms with Crippen molar-refractivity contribution >= 4 is 11.9 Å². The van der Waals surface area contributed by atoms with Crippen LogP contribution < -0.4 is 4.74 Å². The van der Waals surface area contributed by atoms with Gasteiger partial charge in [-0.2, -0.15) is 0 Å². The number of carboxylic acids is 1. The van der Waals surface area contributed by atoms with Gasteiger partial charge in [-0.3, -0.25) is 4.79 Å². The van der Waals surface area contributed by atoms with Crippen molar-refractivity contribution in [2.45, 2.75) is 32.6 Å². The standard InChI is InChI=1S/C17H22O5/c1-13(2)17(20)22-12-4-3-11-21-15-8-5-14(6-9-15)7-10-16(18)19/h5-6,8-9H,1,3-4,7,10-12H2,2H3,(H,18,19). The van der Waals surface area contributed by atoms with Crippen LogP contribution in [-0.4, -0.2) is 30.3 Å². The molecule has 5 heteroatoms. The minimum Gasteiger partial charge on any atom is -0.494 e. The van der Waals surface area contributed by atoms with Crippen molar-refractivity contribution in [2.75, 3.05) is 13.2 Å². The lowest BCUT2D eigenvalue weighted by atomic mass is 10.1. The third kappa shape index (κ3) is 7.47. The molecule has 22 heavy (non-hydrogen) atoms. The molecule has 0 spiro atoms. The number of ether oxygens (including phenoxy) is 2. The van der Waals surface area contributed by atoms with Gasteiger partial charge in [-0.05, 0) is 43.9 Å². The maximum Gasteiger partial charge on any atom is 0.333 e. The van der Waals surface area contributed by atoms with Crippen LogP contribution in [0.25, 0.3) is 0 Å². The van der Waals surface area contributed by atoms with Crippen LogP contribution in [0.4, 0.5) is 0 Å². The first-order chi connectivity index (χ1) is 10.5. The van der Waals surface area contributed by atoms with Gasteiger partial charge in [-0.15, -0.1) is 0 Å². The summed E-state index contributed by atoms with van der Waals surface area (Å²) in [5, 5.41) is 8.62. The van der Waals surface area contributed by atoms with Gasteiger partial charge in [0.05, 0.1) is 13.2 Å². The summed E-state index contributed by atoms with van der Waals surface area (Å²) in [6.45, 7) is 6.03. The van der Waals surface area contributed by atoms with E-state index in [2.05, 4.69) is 6.58 Å². The highest BCUT2D eigenvalue weighted by Gasteiger charge is 2.02. The van der Waals surface area contributed by atoms with Crippen LogP contribution in [0.5, 0.6) is 5.75 Å². The number of aryl methyl sites for hydroxylation is 1. The summed E-state index contributed by atoms with van der Waals surface area (Å²) in [6.07, 6.45) is 2.16. The highest BCUT2D eigenvalue weighted by molar-refractivity contribution is 5.86. The number of carboxylic acid groups (broad SMARTS) is 1. The minimum absolute atomic E-state index is 0.128. The van der Waals surface area contributed by atoms with Crippen molar-refractivity contribution in [3.05, 3.63) is 42.0 Å². The molecule has 1 aromatic carbocycles. The van der Waals surface area contributed by atoms with Crippen molar-refractivity contribution in [1.82, 2.24) is 0 Å². The number of aliphatic carboxylic acids is 1. The van der Waals surface area contributed by atoms with Crippen LogP contribution in [0, 0.1) is 0 Å². The summed E-state index contributed by atoms with van der Waals surface area (Å²) in [7, 11) is 0. The molecule has 0 amide bonds. The molecule has 0 unspecified atom stereocenters. The van der Waals surface area contributed by atoms with E-state index < -0.39 is 5.97 Å². The second kappa shape index (κ2) is 9.60. The summed E-state index contributed by atoms with van der Waals surface area (Å²) in [5.41, 5.74) is 1.38. The number of hydrogen-bond donors (Lipinski definition) is 1. The Balaban J connectivity index is 2.16. The lowest BCUT2D eigenvalue weighted by Gasteiger charge is -2.07. The Morgan fingerprint density at radius 3 is 2.36 bits per heavy atom. The van der Waals surface area contributed by atoms with Crippen LogP contribution in [0.1, 0.15) is 31.7 Å². The topological polar surface area (TPSA) is 72.8 Å². The van der Waals surface area contributed by atoms with E-state index in [-0.39, 0.29) is 12.4 Å². The number of carbonyl (C=O) groups is 2. The number of esters is 1. The fourth-order valence-corrected chi connectivity index (χ4v) is 1.69. The zero-order valence-corrected chi connectivity index (χ0v) is 12.8. The molecule has 1 rings (SSSR count). The Labute approximate surface area is 130 Å². The number of unbranched alkanes of at least 4 members (excludes halogenated alkanes) is 1. The van der Waals surface area contributed by atoms with E-state index in [0.29, 0.717) is 25.2 Å². The zero-order valence-electron chi connectivity index (χ0n) is 12.8. The maximum absolute atomic E-state index is 11.1. The SMILES string of the molecule is C=C(C)C(=O)OCCCCOc1ccc(CCC(=O)O)cc1. The molecule has 120 valence electrons. The van der Waals surface area contributed by atoms with Gasteiger partial charge in [-0.1, -0.05) is 18.7 Å². The molecule has 0 radical (unpaired) electrons. The van der Waals surface area contributed by atoms with E-state index in [1.807, 2.05) is 24.3 Å². The van der Waals surface area contributed by atoms with Crippen LogP contribution in [0.2, 0.25) is 0 Å². The molecule has 0 heterocycles. The van der Waals surface area contributed by atoms with Gasteiger partial charge in [0.25, 0.3) is 0 Å². The number of benzene rings is 1. The highest BCUT2D eigenvalue weighted by atomic mass is 16.5. The second-order valence-corrected chi connectivity index (χ2v) is 5.01. The van der Waals surface area contributed by atoms with Crippen molar-refractivity contribution in [1.29, 1.82) is 0 Å². The van der Waals surface area contributed by atoms with E-state index in [4.69, 9.17) is 14.6 Å². The Hall–Kier alpha value is -2.30.